The molecule has 2 N–H and O–H groups in total. The largest absolute Gasteiger partial charge is 0.352 e. The molecule has 154 valence electrons. The van der Waals surface area contributed by atoms with Gasteiger partial charge in [-0.15, -0.1) is 5.10 Å². The van der Waals surface area contributed by atoms with Gasteiger partial charge in [0.25, 0.3) is 11.8 Å². The first-order valence-electron chi connectivity index (χ1n) is 10.3. The fourth-order valence-corrected chi connectivity index (χ4v) is 3.26. The second-order valence-corrected chi connectivity index (χ2v) is 7.57. The maximum atomic E-state index is 12.4. The van der Waals surface area contributed by atoms with E-state index in [0.717, 1.165) is 31.4 Å². The summed E-state index contributed by atoms with van der Waals surface area (Å²) in [6, 6.07) is 17.6. The minimum Gasteiger partial charge on any atom is -0.352 e. The number of hydrogen-bond acceptors (Lipinski definition) is 4. The van der Waals surface area contributed by atoms with E-state index >= 15 is 0 Å². The topological polar surface area (TPSA) is 88.9 Å². The first-order chi connectivity index (χ1) is 14.6. The van der Waals surface area contributed by atoms with Gasteiger partial charge < -0.3 is 10.6 Å². The van der Waals surface area contributed by atoms with Crippen LogP contribution in [0.4, 0.5) is 0 Å². The molecule has 0 bridgehead atoms. The Hall–Kier alpha value is -3.48. The fraction of sp³-hybridized carbons (Fsp3) is 0.304. The van der Waals surface area contributed by atoms with Gasteiger partial charge in [0, 0.05) is 18.2 Å². The van der Waals surface area contributed by atoms with Crippen LogP contribution in [0.1, 0.15) is 51.4 Å². The summed E-state index contributed by atoms with van der Waals surface area (Å²) in [5, 5.41) is 14.0. The van der Waals surface area contributed by atoms with Crippen molar-refractivity contribution < 1.29 is 9.59 Å². The van der Waals surface area contributed by atoms with Crippen LogP contribution >= 0.6 is 0 Å². The molecule has 0 spiro atoms. The molecule has 3 aromatic rings. The summed E-state index contributed by atoms with van der Waals surface area (Å²) in [5.41, 5.74) is 3.62. The van der Waals surface area contributed by atoms with Crippen LogP contribution in [0.5, 0.6) is 0 Å². The van der Waals surface area contributed by atoms with Crippen molar-refractivity contribution in [3.8, 4) is 5.69 Å². The highest BCUT2D eigenvalue weighted by molar-refractivity contribution is 5.94. The average molecular weight is 403 g/mol. The molecule has 7 heteroatoms. The van der Waals surface area contributed by atoms with Crippen molar-refractivity contribution >= 4 is 11.8 Å². The third-order valence-electron chi connectivity index (χ3n) is 5.17. The molecule has 1 aliphatic rings. The summed E-state index contributed by atoms with van der Waals surface area (Å²) in [6.45, 7) is 2.44. The molecule has 2 aromatic carbocycles. The lowest BCUT2D eigenvalue weighted by Gasteiger charge is -2.07. The van der Waals surface area contributed by atoms with Crippen LogP contribution < -0.4 is 10.6 Å². The Balaban J connectivity index is 1.32. The van der Waals surface area contributed by atoms with Crippen molar-refractivity contribution in [2.75, 3.05) is 6.54 Å². The van der Waals surface area contributed by atoms with Crippen molar-refractivity contribution in [1.29, 1.82) is 0 Å². The number of hydrogen-bond donors (Lipinski definition) is 2. The molecule has 1 heterocycles. The fourth-order valence-electron chi connectivity index (χ4n) is 3.26. The van der Waals surface area contributed by atoms with E-state index in [4.69, 9.17) is 0 Å². The third-order valence-corrected chi connectivity index (χ3v) is 5.17. The van der Waals surface area contributed by atoms with E-state index in [2.05, 4.69) is 33.1 Å². The Morgan fingerprint density at radius 2 is 1.77 bits per heavy atom. The Labute approximate surface area is 175 Å². The Bertz CT molecular complexity index is 1020. The minimum absolute atomic E-state index is 0.102. The molecule has 0 radical (unpaired) electrons. The van der Waals surface area contributed by atoms with E-state index < -0.39 is 0 Å². The Kier molecular flexibility index (Phi) is 5.88. The molecule has 7 nitrogen and oxygen atoms in total. The van der Waals surface area contributed by atoms with Crippen LogP contribution in [-0.4, -0.2) is 39.4 Å². The molecule has 1 saturated carbocycles. The summed E-state index contributed by atoms with van der Waals surface area (Å²) in [6.07, 6.45) is 3.86. The maximum absolute atomic E-state index is 12.4. The lowest BCUT2D eigenvalue weighted by atomic mass is 10.1. The summed E-state index contributed by atoms with van der Waals surface area (Å²) >= 11 is 0. The number of benzene rings is 2. The van der Waals surface area contributed by atoms with Crippen molar-refractivity contribution in [3.63, 3.8) is 0 Å². The number of aromatic nitrogens is 3. The smallest absolute Gasteiger partial charge is 0.273 e. The number of carbonyl (C=O) groups excluding carboxylic acids is 2. The highest BCUT2D eigenvalue weighted by atomic mass is 16.2. The molecule has 30 heavy (non-hydrogen) atoms. The van der Waals surface area contributed by atoms with Gasteiger partial charge in [-0.25, -0.2) is 4.68 Å². The maximum Gasteiger partial charge on any atom is 0.273 e. The number of carbonyl (C=O) groups is 2. The first-order valence-corrected chi connectivity index (χ1v) is 10.3. The standard InChI is InChI=1S/C23H25N5O2/c1-16-21(23(30)25-19-11-12-19)26-27-28(16)20-13-9-18(10-14-20)22(29)24-15-5-8-17-6-3-2-4-7-17/h2-4,6-7,9-10,13-14,19H,5,8,11-12,15H2,1H3,(H,24,29)(H,25,30). The molecule has 0 aliphatic heterocycles. The van der Waals surface area contributed by atoms with Crippen LogP contribution in [0.15, 0.2) is 54.6 Å². The molecule has 1 aromatic heterocycles. The molecule has 0 saturated heterocycles. The number of nitrogens with zero attached hydrogens (tertiary/aromatic N) is 3. The SMILES string of the molecule is Cc1c(C(=O)NC2CC2)nnn1-c1ccc(C(=O)NCCCc2ccccc2)cc1. The Morgan fingerprint density at radius 3 is 2.47 bits per heavy atom. The molecule has 4 rings (SSSR count). The summed E-state index contributed by atoms with van der Waals surface area (Å²) in [4.78, 5) is 24.6. The predicted molar refractivity (Wildman–Crippen MR) is 114 cm³/mol. The summed E-state index contributed by atoms with van der Waals surface area (Å²) in [5.74, 6) is -0.290. The van der Waals surface area contributed by atoms with E-state index in [0.29, 0.717) is 23.5 Å². The van der Waals surface area contributed by atoms with Gasteiger partial charge in [-0.3, -0.25) is 9.59 Å². The molecule has 1 aliphatic carbocycles. The quantitative estimate of drug-likeness (QED) is 0.566. The van der Waals surface area contributed by atoms with Gasteiger partial charge in [-0.1, -0.05) is 35.5 Å². The van der Waals surface area contributed by atoms with Crippen molar-refractivity contribution in [2.45, 2.75) is 38.6 Å². The molecule has 2 amide bonds. The van der Waals surface area contributed by atoms with E-state index in [1.807, 2.05) is 37.3 Å². The average Bonchev–Trinajstić information content (AvgIpc) is 3.50. The Morgan fingerprint density at radius 1 is 1.03 bits per heavy atom. The number of rotatable bonds is 8. The van der Waals surface area contributed by atoms with Gasteiger partial charge in [0.15, 0.2) is 5.69 Å². The lowest BCUT2D eigenvalue weighted by Crippen LogP contribution is -2.26. The second kappa shape index (κ2) is 8.90. The van der Waals surface area contributed by atoms with Gasteiger partial charge in [0.2, 0.25) is 0 Å². The van der Waals surface area contributed by atoms with Crippen LogP contribution in [0, 0.1) is 6.92 Å². The molecular formula is C23H25N5O2. The highest BCUT2D eigenvalue weighted by Crippen LogP contribution is 2.20. The van der Waals surface area contributed by atoms with Gasteiger partial charge in [-0.2, -0.15) is 0 Å². The van der Waals surface area contributed by atoms with Crippen molar-refractivity contribution in [1.82, 2.24) is 25.6 Å². The summed E-state index contributed by atoms with van der Waals surface area (Å²) < 4.78 is 1.61. The van der Waals surface area contributed by atoms with E-state index in [1.54, 1.807) is 16.8 Å². The molecular weight excluding hydrogens is 378 g/mol. The van der Waals surface area contributed by atoms with E-state index in [9.17, 15) is 9.59 Å². The van der Waals surface area contributed by atoms with Crippen molar-refractivity contribution in [2.24, 2.45) is 0 Å². The number of aryl methyl sites for hydroxylation is 1. The zero-order valence-electron chi connectivity index (χ0n) is 17.0. The molecule has 1 fully saturated rings. The zero-order valence-corrected chi connectivity index (χ0v) is 17.0. The predicted octanol–water partition coefficient (Wildman–Crippen LogP) is 2.83. The number of amides is 2. The van der Waals surface area contributed by atoms with Crippen LogP contribution in [0.25, 0.3) is 5.69 Å². The monoisotopic (exact) mass is 403 g/mol. The van der Waals surface area contributed by atoms with Crippen LogP contribution in [0.3, 0.4) is 0 Å². The lowest BCUT2D eigenvalue weighted by molar-refractivity contribution is 0.0940. The normalized spacial score (nSPS) is 13.1. The highest BCUT2D eigenvalue weighted by Gasteiger charge is 2.26. The van der Waals surface area contributed by atoms with Gasteiger partial charge in [-0.05, 0) is 62.4 Å². The second-order valence-electron chi connectivity index (χ2n) is 7.57. The van der Waals surface area contributed by atoms with Gasteiger partial charge in [0.05, 0.1) is 11.4 Å². The van der Waals surface area contributed by atoms with Crippen LogP contribution in [0.2, 0.25) is 0 Å². The first kappa shape index (κ1) is 19.8. The summed E-state index contributed by atoms with van der Waals surface area (Å²) in [7, 11) is 0. The third kappa shape index (κ3) is 4.74. The van der Waals surface area contributed by atoms with Gasteiger partial charge >= 0.3 is 0 Å². The number of nitrogens with one attached hydrogen (secondary N) is 2. The zero-order chi connectivity index (χ0) is 20.9. The molecule has 0 atom stereocenters. The van der Waals surface area contributed by atoms with E-state index in [1.165, 1.54) is 5.56 Å². The van der Waals surface area contributed by atoms with Gasteiger partial charge in [0.1, 0.15) is 0 Å². The molecule has 0 unspecified atom stereocenters. The van der Waals surface area contributed by atoms with Crippen molar-refractivity contribution in [3.05, 3.63) is 77.1 Å². The van der Waals surface area contributed by atoms with E-state index in [-0.39, 0.29) is 17.9 Å². The van der Waals surface area contributed by atoms with Crippen LogP contribution in [-0.2, 0) is 6.42 Å². The minimum atomic E-state index is -0.187.